The van der Waals surface area contributed by atoms with Gasteiger partial charge in [0.25, 0.3) is 5.91 Å². The summed E-state index contributed by atoms with van der Waals surface area (Å²) in [5, 5.41) is 9.96. The summed E-state index contributed by atoms with van der Waals surface area (Å²) in [6.07, 6.45) is 0. The van der Waals surface area contributed by atoms with Gasteiger partial charge in [0.05, 0.1) is 13.2 Å². The van der Waals surface area contributed by atoms with Crippen LogP contribution < -0.4 is 16.0 Å². The molecule has 0 saturated carbocycles. The number of fused-ring (bicyclic) bond motifs is 1. The molecular weight excluding hydrogens is 446 g/mol. The third-order valence-electron chi connectivity index (χ3n) is 5.48. The maximum absolute atomic E-state index is 13.1. The molecule has 0 aliphatic heterocycles. The quantitative estimate of drug-likeness (QED) is 0.265. The number of methoxy groups -OCH3 is 1. The highest BCUT2D eigenvalue weighted by Gasteiger charge is 2.19. The van der Waals surface area contributed by atoms with Crippen LogP contribution >= 0.6 is 0 Å². The van der Waals surface area contributed by atoms with Crippen LogP contribution in [0.15, 0.2) is 78.9 Å². The third-order valence-corrected chi connectivity index (χ3v) is 5.48. The van der Waals surface area contributed by atoms with E-state index in [4.69, 9.17) is 0 Å². The van der Waals surface area contributed by atoms with Crippen molar-refractivity contribution in [3.63, 3.8) is 0 Å². The van der Waals surface area contributed by atoms with Gasteiger partial charge in [-0.2, -0.15) is 0 Å². The Balaban J connectivity index is 1.63. The topological polar surface area (TPSA) is 114 Å². The van der Waals surface area contributed by atoms with Crippen LogP contribution in [0.5, 0.6) is 0 Å². The summed E-state index contributed by atoms with van der Waals surface area (Å²) in [6, 6.07) is 20.5. The fourth-order valence-electron chi connectivity index (χ4n) is 3.62. The summed E-state index contributed by atoms with van der Waals surface area (Å²) in [4.78, 5) is 48.6. The van der Waals surface area contributed by atoms with E-state index in [2.05, 4.69) is 27.3 Å². The minimum atomic E-state index is -0.929. The van der Waals surface area contributed by atoms with Crippen molar-refractivity contribution in [1.82, 2.24) is 16.0 Å². The molecule has 0 fully saturated rings. The van der Waals surface area contributed by atoms with E-state index in [0.29, 0.717) is 11.1 Å². The van der Waals surface area contributed by atoms with Crippen LogP contribution in [0.4, 0.5) is 0 Å². The minimum Gasteiger partial charge on any atom is -0.466 e. The summed E-state index contributed by atoms with van der Waals surface area (Å²) < 4.78 is 4.49. The van der Waals surface area contributed by atoms with Gasteiger partial charge in [-0.3, -0.25) is 14.4 Å². The van der Waals surface area contributed by atoms with Gasteiger partial charge >= 0.3 is 17.8 Å². The van der Waals surface area contributed by atoms with Crippen LogP contribution in [0.2, 0.25) is 0 Å². The van der Waals surface area contributed by atoms with Crippen LogP contribution in [0.3, 0.4) is 0 Å². The van der Waals surface area contributed by atoms with Crippen LogP contribution in [-0.2, 0) is 25.7 Å². The van der Waals surface area contributed by atoms with E-state index < -0.39 is 17.8 Å². The van der Waals surface area contributed by atoms with Crippen LogP contribution in [-0.4, -0.2) is 37.3 Å². The second-order valence-electron chi connectivity index (χ2n) is 7.88. The Kier molecular flexibility index (Phi) is 8.34. The number of hydrogen-bond donors (Lipinski definition) is 3. The van der Waals surface area contributed by atoms with Crippen LogP contribution in [0, 0.1) is 0 Å². The summed E-state index contributed by atoms with van der Waals surface area (Å²) in [6.45, 7) is 5.14. The van der Waals surface area contributed by atoms with Gasteiger partial charge in [-0.1, -0.05) is 67.2 Å². The molecule has 0 spiro atoms. The molecule has 35 heavy (non-hydrogen) atoms. The van der Waals surface area contributed by atoms with E-state index in [0.717, 1.165) is 16.3 Å². The molecular formula is C27H27N3O5. The zero-order valence-electron chi connectivity index (χ0n) is 19.6. The molecule has 8 heteroatoms. The molecule has 3 aromatic rings. The zero-order chi connectivity index (χ0) is 25.4. The fraction of sp³-hybridized carbons (Fsp3) is 0.185. The molecule has 1 atom stereocenters. The average Bonchev–Trinajstić information content (AvgIpc) is 2.89. The Morgan fingerprint density at radius 3 is 2.31 bits per heavy atom. The minimum absolute atomic E-state index is 0.0102. The molecule has 3 N–H and O–H groups in total. The van der Waals surface area contributed by atoms with E-state index in [-0.39, 0.29) is 30.6 Å². The lowest BCUT2D eigenvalue weighted by atomic mass is 9.99. The predicted octanol–water partition coefficient (Wildman–Crippen LogP) is 2.79. The summed E-state index contributed by atoms with van der Waals surface area (Å²) in [7, 11) is 1.19. The molecule has 3 amide bonds. The molecule has 0 aliphatic carbocycles. The molecule has 8 nitrogen and oxygen atoms in total. The normalized spacial score (nSPS) is 11.3. The Hall–Kier alpha value is -4.46. The van der Waals surface area contributed by atoms with Crippen molar-refractivity contribution in [2.24, 2.45) is 0 Å². The van der Waals surface area contributed by atoms with E-state index in [1.807, 2.05) is 49.4 Å². The Bertz CT molecular complexity index is 1280. The number of carbonyl (C=O) groups excluding carboxylic acids is 4. The lowest BCUT2D eigenvalue weighted by Crippen LogP contribution is -2.41. The molecule has 180 valence electrons. The van der Waals surface area contributed by atoms with Gasteiger partial charge in [0, 0.05) is 24.2 Å². The summed E-state index contributed by atoms with van der Waals surface area (Å²) >= 11 is 0. The van der Waals surface area contributed by atoms with Gasteiger partial charge in [0.2, 0.25) is 0 Å². The Morgan fingerprint density at radius 2 is 1.54 bits per heavy atom. The highest BCUT2D eigenvalue weighted by Crippen LogP contribution is 2.24. The average molecular weight is 474 g/mol. The number of hydrogen-bond acceptors (Lipinski definition) is 5. The maximum Gasteiger partial charge on any atom is 0.334 e. The van der Waals surface area contributed by atoms with E-state index in [1.54, 1.807) is 24.3 Å². The van der Waals surface area contributed by atoms with E-state index in [9.17, 15) is 19.2 Å². The maximum atomic E-state index is 13.1. The highest BCUT2D eigenvalue weighted by molar-refractivity contribution is 6.35. The third kappa shape index (κ3) is 6.32. The van der Waals surface area contributed by atoms with Gasteiger partial charge < -0.3 is 20.7 Å². The molecule has 0 aliphatic rings. The van der Waals surface area contributed by atoms with Crippen molar-refractivity contribution in [3.05, 3.63) is 95.6 Å². The smallest absolute Gasteiger partial charge is 0.334 e. The number of esters is 1. The van der Waals surface area contributed by atoms with Crippen LogP contribution in [0.1, 0.15) is 34.5 Å². The number of carbonyl (C=O) groups is 4. The first-order chi connectivity index (χ1) is 16.8. The molecule has 0 aromatic heterocycles. The van der Waals surface area contributed by atoms with Crippen molar-refractivity contribution in [2.45, 2.75) is 19.5 Å². The summed E-state index contributed by atoms with van der Waals surface area (Å²) in [5.41, 5.74) is 1.94. The Labute approximate surface area is 203 Å². The number of amides is 3. The largest absolute Gasteiger partial charge is 0.466 e. The van der Waals surface area contributed by atoms with Gasteiger partial charge in [0.15, 0.2) is 0 Å². The first-order valence-electron chi connectivity index (χ1n) is 11.0. The molecule has 0 radical (unpaired) electrons. The van der Waals surface area contributed by atoms with Gasteiger partial charge in [-0.05, 0) is 34.9 Å². The van der Waals surface area contributed by atoms with Crippen molar-refractivity contribution >= 4 is 34.5 Å². The number of ether oxygens (including phenoxy) is 1. The van der Waals surface area contributed by atoms with Gasteiger partial charge in [-0.25, -0.2) is 4.79 Å². The second-order valence-corrected chi connectivity index (χ2v) is 7.88. The van der Waals surface area contributed by atoms with Gasteiger partial charge in [0.1, 0.15) is 0 Å². The second kappa shape index (κ2) is 11.6. The predicted molar refractivity (Wildman–Crippen MR) is 132 cm³/mol. The molecule has 0 bridgehead atoms. The van der Waals surface area contributed by atoms with Crippen LogP contribution in [0.25, 0.3) is 10.8 Å². The summed E-state index contributed by atoms with van der Waals surface area (Å²) in [5.74, 6) is -2.80. The first-order valence-corrected chi connectivity index (χ1v) is 11.0. The monoisotopic (exact) mass is 473 g/mol. The number of benzene rings is 3. The van der Waals surface area contributed by atoms with Gasteiger partial charge in [-0.15, -0.1) is 0 Å². The lowest BCUT2D eigenvalue weighted by molar-refractivity contribution is -0.139. The number of nitrogens with one attached hydrogen (secondary N) is 3. The van der Waals surface area contributed by atoms with Crippen molar-refractivity contribution < 1.29 is 23.9 Å². The Morgan fingerprint density at radius 1 is 0.886 bits per heavy atom. The van der Waals surface area contributed by atoms with Crippen molar-refractivity contribution in [1.29, 1.82) is 0 Å². The molecule has 3 aromatic carbocycles. The van der Waals surface area contributed by atoms with E-state index >= 15 is 0 Å². The molecule has 3 rings (SSSR count). The SMILES string of the molecule is C=C(CNC(=O)C(=O)NCc1ccccc1C(=O)N[C@H](C)c1cccc2ccccc12)C(=O)OC. The first kappa shape index (κ1) is 25.2. The molecule has 0 heterocycles. The van der Waals surface area contributed by atoms with Crippen molar-refractivity contribution in [2.75, 3.05) is 13.7 Å². The highest BCUT2D eigenvalue weighted by atomic mass is 16.5. The molecule has 0 saturated heterocycles. The zero-order valence-corrected chi connectivity index (χ0v) is 19.6. The standard InChI is InChI=1S/C27H27N3O5/c1-17(27(34)35-3)15-28-25(32)26(33)29-16-20-10-5-7-13-23(20)24(31)30-18(2)21-14-8-11-19-9-4-6-12-22(19)21/h4-14,18H,1,15-16H2,2-3H3,(H,28,32)(H,29,33)(H,30,31)/t18-/m1/s1. The fourth-order valence-corrected chi connectivity index (χ4v) is 3.62. The van der Waals surface area contributed by atoms with E-state index in [1.165, 1.54) is 7.11 Å². The lowest BCUT2D eigenvalue weighted by Gasteiger charge is -2.18. The molecule has 0 unspecified atom stereocenters. The van der Waals surface area contributed by atoms with Crippen molar-refractivity contribution in [3.8, 4) is 0 Å². The number of rotatable bonds is 8.